The van der Waals surface area contributed by atoms with Crippen LogP contribution in [0.1, 0.15) is 122 Å². The predicted molar refractivity (Wildman–Crippen MR) is 141 cm³/mol. The van der Waals surface area contributed by atoms with Crippen LogP contribution in [0.3, 0.4) is 0 Å². The number of hydrogen-bond acceptors (Lipinski definition) is 4. The summed E-state index contributed by atoms with van der Waals surface area (Å²) in [5.74, 6) is 0. The average molecular weight is 482 g/mol. The van der Waals surface area contributed by atoms with Crippen molar-refractivity contribution in [2.75, 3.05) is 19.7 Å². The number of nitrogens with one attached hydrogen (secondary N) is 1. The van der Waals surface area contributed by atoms with E-state index in [1.807, 2.05) is 6.92 Å². The van der Waals surface area contributed by atoms with Crippen molar-refractivity contribution >= 4 is 10.1 Å². The minimum Gasteiger partial charge on any atom is -0.317 e. The predicted octanol–water partition coefficient (Wildman–Crippen LogP) is 7.94. The smallest absolute Gasteiger partial charge is 0.296 e. The lowest BCUT2D eigenvalue weighted by Gasteiger charge is -2.06. The van der Waals surface area contributed by atoms with Crippen LogP contribution in [-0.4, -0.2) is 28.1 Å². The molecule has 1 N–H and O–H groups in total. The first-order valence-corrected chi connectivity index (χ1v) is 15.1. The van der Waals surface area contributed by atoms with Crippen molar-refractivity contribution in [3.8, 4) is 0 Å². The summed E-state index contributed by atoms with van der Waals surface area (Å²) in [6, 6.07) is 6.82. The molecule has 1 aromatic rings. The van der Waals surface area contributed by atoms with Gasteiger partial charge in [0.2, 0.25) is 0 Å². The largest absolute Gasteiger partial charge is 0.317 e. The molecular formula is C28H51NO3S. The fourth-order valence-corrected chi connectivity index (χ4v) is 4.96. The van der Waals surface area contributed by atoms with Gasteiger partial charge in [-0.1, -0.05) is 115 Å². The molecule has 0 saturated heterocycles. The van der Waals surface area contributed by atoms with Crippen LogP contribution >= 0.6 is 0 Å². The number of rotatable bonds is 23. The van der Waals surface area contributed by atoms with Crippen LogP contribution in [0.25, 0.3) is 0 Å². The summed E-state index contributed by atoms with van der Waals surface area (Å²) in [7, 11) is -3.60. The molecule has 4 nitrogen and oxygen atoms in total. The number of aryl methyl sites for hydroxylation is 1. The van der Waals surface area contributed by atoms with Crippen LogP contribution in [0.2, 0.25) is 0 Å². The lowest BCUT2D eigenvalue weighted by Crippen LogP contribution is -2.16. The van der Waals surface area contributed by atoms with Crippen molar-refractivity contribution in [3.05, 3.63) is 29.8 Å². The van der Waals surface area contributed by atoms with Gasteiger partial charge < -0.3 is 5.32 Å². The number of benzene rings is 1. The van der Waals surface area contributed by atoms with Crippen LogP contribution in [0.5, 0.6) is 0 Å². The molecule has 0 unspecified atom stereocenters. The zero-order valence-corrected chi connectivity index (χ0v) is 22.4. The highest BCUT2D eigenvalue weighted by Gasteiger charge is 2.14. The second-order valence-corrected chi connectivity index (χ2v) is 11.1. The fourth-order valence-electron chi connectivity index (χ4n) is 4.02. The van der Waals surface area contributed by atoms with Crippen LogP contribution in [0.4, 0.5) is 0 Å². The molecule has 0 amide bonds. The summed E-state index contributed by atoms with van der Waals surface area (Å²) in [5.41, 5.74) is 1.04. The Morgan fingerprint density at radius 3 is 1.55 bits per heavy atom. The molecule has 5 heteroatoms. The van der Waals surface area contributed by atoms with Crippen LogP contribution in [0.15, 0.2) is 29.2 Å². The van der Waals surface area contributed by atoms with Gasteiger partial charge in [0.1, 0.15) is 0 Å². The van der Waals surface area contributed by atoms with Gasteiger partial charge in [-0.15, -0.1) is 0 Å². The summed E-state index contributed by atoms with van der Waals surface area (Å²) in [6.45, 7) is 6.85. The molecule has 0 fully saturated rings. The van der Waals surface area contributed by atoms with Gasteiger partial charge in [-0.3, -0.25) is 4.18 Å². The molecular weight excluding hydrogens is 430 g/mol. The van der Waals surface area contributed by atoms with E-state index in [1.165, 1.54) is 109 Å². The molecule has 0 bridgehead atoms. The van der Waals surface area contributed by atoms with Crippen molar-refractivity contribution in [1.82, 2.24) is 5.32 Å². The van der Waals surface area contributed by atoms with E-state index in [9.17, 15) is 8.42 Å². The van der Waals surface area contributed by atoms with Crippen molar-refractivity contribution in [2.45, 2.75) is 128 Å². The molecule has 0 aromatic heterocycles. The molecule has 1 aromatic carbocycles. The maximum Gasteiger partial charge on any atom is 0.296 e. The van der Waals surface area contributed by atoms with Crippen molar-refractivity contribution in [1.29, 1.82) is 0 Å². The molecule has 0 aliphatic carbocycles. The second-order valence-electron chi connectivity index (χ2n) is 9.50. The van der Waals surface area contributed by atoms with Crippen LogP contribution in [0, 0.1) is 6.92 Å². The molecule has 192 valence electrons. The van der Waals surface area contributed by atoms with Crippen molar-refractivity contribution in [3.63, 3.8) is 0 Å². The van der Waals surface area contributed by atoms with Crippen LogP contribution < -0.4 is 5.32 Å². The van der Waals surface area contributed by atoms with E-state index < -0.39 is 10.1 Å². The fraction of sp³-hybridized carbons (Fsp3) is 0.786. The van der Waals surface area contributed by atoms with E-state index in [4.69, 9.17) is 4.18 Å². The first kappa shape index (κ1) is 30.1. The quantitative estimate of drug-likeness (QED) is 0.127. The van der Waals surface area contributed by atoms with E-state index in [1.54, 1.807) is 24.3 Å². The van der Waals surface area contributed by atoms with E-state index >= 15 is 0 Å². The summed E-state index contributed by atoms with van der Waals surface area (Å²) in [5, 5.41) is 3.52. The van der Waals surface area contributed by atoms with E-state index in [0.29, 0.717) is 0 Å². The summed E-state index contributed by atoms with van der Waals surface area (Å²) in [4.78, 5) is 0.249. The molecule has 1 rings (SSSR count). The maximum absolute atomic E-state index is 12.1. The third-order valence-electron chi connectivity index (χ3n) is 6.25. The van der Waals surface area contributed by atoms with Gasteiger partial charge in [-0.2, -0.15) is 8.42 Å². The Bertz CT molecular complexity index is 658. The molecule has 0 saturated carbocycles. The zero-order chi connectivity index (χ0) is 24.0. The first-order valence-electron chi connectivity index (χ1n) is 13.7. The lowest BCUT2D eigenvalue weighted by atomic mass is 10.0. The molecule has 0 atom stereocenters. The minimum atomic E-state index is -3.60. The Hall–Kier alpha value is -0.910. The summed E-state index contributed by atoms with van der Waals surface area (Å²) < 4.78 is 29.4. The minimum absolute atomic E-state index is 0.249. The Morgan fingerprint density at radius 1 is 0.636 bits per heavy atom. The molecule has 0 spiro atoms. The van der Waals surface area contributed by atoms with Gasteiger partial charge >= 0.3 is 0 Å². The highest BCUT2D eigenvalue weighted by Crippen LogP contribution is 2.15. The van der Waals surface area contributed by atoms with E-state index in [-0.39, 0.29) is 11.5 Å². The summed E-state index contributed by atoms with van der Waals surface area (Å²) in [6.07, 6.45) is 22.0. The van der Waals surface area contributed by atoms with Gasteiger partial charge in [0.25, 0.3) is 10.1 Å². The lowest BCUT2D eigenvalue weighted by molar-refractivity contribution is 0.306. The monoisotopic (exact) mass is 481 g/mol. The first-order chi connectivity index (χ1) is 16.1. The topological polar surface area (TPSA) is 55.4 Å². The maximum atomic E-state index is 12.1. The molecule has 33 heavy (non-hydrogen) atoms. The number of hydrogen-bond donors (Lipinski definition) is 1. The zero-order valence-electron chi connectivity index (χ0n) is 21.6. The normalized spacial score (nSPS) is 11.8. The molecule has 0 heterocycles. The van der Waals surface area contributed by atoms with Gasteiger partial charge in [-0.25, -0.2) is 0 Å². The number of unbranched alkanes of at least 4 members (excludes halogenated alkanes) is 15. The van der Waals surface area contributed by atoms with Crippen molar-refractivity contribution in [2.24, 2.45) is 0 Å². The molecule has 0 aliphatic heterocycles. The third kappa shape index (κ3) is 17.2. The Morgan fingerprint density at radius 2 is 1.06 bits per heavy atom. The third-order valence-corrected chi connectivity index (χ3v) is 7.58. The van der Waals surface area contributed by atoms with Gasteiger partial charge in [0.15, 0.2) is 0 Å². The van der Waals surface area contributed by atoms with E-state index in [2.05, 4.69) is 12.2 Å². The van der Waals surface area contributed by atoms with E-state index in [0.717, 1.165) is 18.4 Å². The Kier molecular flexibility index (Phi) is 18.7. The SMILES string of the molecule is CCCCNCCCCCCCCCCCCCCCCCOS(=O)(=O)c1ccc(C)cc1. The second kappa shape index (κ2) is 20.5. The Labute approximate surface area is 205 Å². The Balaban J connectivity index is 1.79. The van der Waals surface area contributed by atoms with Gasteiger partial charge in [0, 0.05) is 0 Å². The highest BCUT2D eigenvalue weighted by atomic mass is 32.2. The standard InChI is InChI=1S/C28H51NO3S/c1-3-4-24-29-25-18-16-14-12-10-8-6-5-7-9-11-13-15-17-19-26-32-33(30,31)28-22-20-27(2)21-23-28/h20-23,29H,3-19,24-26H2,1-2H3. The van der Waals surface area contributed by atoms with Gasteiger partial charge in [0.05, 0.1) is 11.5 Å². The average Bonchev–Trinajstić information content (AvgIpc) is 2.80. The van der Waals surface area contributed by atoms with Crippen molar-refractivity contribution < 1.29 is 12.6 Å². The van der Waals surface area contributed by atoms with Crippen LogP contribution in [-0.2, 0) is 14.3 Å². The molecule has 0 radical (unpaired) electrons. The highest BCUT2D eigenvalue weighted by molar-refractivity contribution is 7.86. The molecule has 0 aliphatic rings. The summed E-state index contributed by atoms with van der Waals surface area (Å²) >= 11 is 0. The van der Waals surface area contributed by atoms with Gasteiger partial charge in [-0.05, 0) is 51.4 Å².